The van der Waals surface area contributed by atoms with Crippen molar-refractivity contribution in [2.45, 2.75) is 52.2 Å². The van der Waals surface area contributed by atoms with Crippen LogP contribution < -0.4 is 0 Å². The quantitative estimate of drug-likeness (QED) is 0.885. The van der Waals surface area contributed by atoms with Gasteiger partial charge in [-0.15, -0.1) is 0 Å². The van der Waals surface area contributed by atoms with E-state index < -0.39 is 0 Å². The summed E-state index contributed by atoms with van der Waals surface area (Å²) < 4.78 is 15.3. The Bertz CT molecular complexity index is 698. The normalized spacial score (nSPS) is 18.4. The Morgan fingerprint density at radius 1 is 1.33 bits per heavy atom. The van der Waals surface area contributed by atoms with Crippen molar-refractivity contribution >= 4 is 0 Å². The summed E-state index contributed by atoms with van der Waals surface area (Å²) >= 11 is 0. The SMILES string of the molecule is Cc1nn(CCO)c(C)c1CN1CCCC1Cc1cccc(F)c1. The molecule has 0 spiro atoms. The van der Waals surface area contributed by atoms with E-state index in [-0.39, 0.29) is 12.4 Å². The number of hydrogen-bond donors (Lipinski definition) is 1. The van der Waals surface area contributed by atoms with Gasteiger partial charge in [0.2, 0.25) is 0 Å². The maximum atomic E-state index is 13.4. The lowest BCUT2D eigenvalue weighted by Crippen LogP contribution is -2.31. The number of halogens is 1. The van der Waals surface area contributed by atoms with Gasteiger partial charge in [-0.3, -0.25) is 9.58 Å². The maximum Gasteiger partial charge on any atom is 0.123 e. The summed E-state index contributed by atoms with van der Waals surface area (Å²) in [5.74, 6) is -0.158. The second-order valence-corrected chi connectivity index (χ2v) is 6.70. The van der Waals surface area contributed by atoms with Gasteiger partial charge in [0.05, 0.1) is 18.8 Å². The fourth-order valence-corrected chi connectivity index (χ4v) is 3.75. The largest absolute Gasteiger partial charge is 0.394 e. The van der Waals surface area contributed by atoms with Crippen molar-refractivity contribution in [3.8, 4) is 0 Å². The molecule has 0 aliphatic carbocycles. The Hall–Kier alpha value is -1.72. The summed E-state index contributed by atoms with van der Waals surface area (Å²) in [6.45, 7) is 6.70. The predicted molar refractivity (Wildman–Crippen MR) is 92.3 cm³/mol. The third kappa shape index (κ3) is 3.68. The average molecular weight is 331 g/mol. The molecular weight excluding hydrogens is 305 g/mol. The van der Waals surface area contributed by atoms with Crippen LogP contribution in [0.25, 0.3) is 0 Å². The van der Waals surface area contributed by atoms with E-state index in [9.17, 15) is 4.39 Å². The smallest absolute Gasteiger partial charge is 0.123 e. The number of benzene rings is 1. The van der Waals surface area contributed by atoms with Crippen molar-refractivity contribution in [1.82, 2.24) is 14.7 Å². The molecule has 1 fully saturated rings. The van der Waals surface area contributed by atoms with Gasteiger partial charge in [-0.2, -0.15) is 5.10 Å². The molecule has 1 aliphatic heterocycles. The molecular formula is C19H26FN3O. The fourth-order valence-electron chi connectivity index (χ4n) is 3.75. The topological polar surface area (TPSA) is 41.3 Å². The van der Waals surface area contributed by atoms with E-state index in [0.717, 1.165) is 42.9 Å². The molecule has 24 heavy (non-hydrogen) atoms. The molecule has 3 rings (SSSR count). The summed E-state index contributed by atoms with van der Waals surface area (Å²) in [5.41, 5.74) is 4.50. The van der Waals surface area contributed by atoms with Crippen LogP contribution in [0.4, 0.5) is 4.39 Å². The van der Waals surface area contributed by atoms with E-state index in [1.54, 1.807) is 12.1 Å². The number of likely N-dealkylation sites (tertiary alicyclic amines) is 1. The molecule has 0 saturated carbocycles. The second-order valence-electron chi connectivity index (χ2n) is 6.70. The molecule has 1 aromatic carbocycles. The summed E-state index contributed by atoms with van der Waals surface area (Å²) in [6, 6.07) is 7.39. The first-order valence-electron chi connectivity index (χ1n) is 8.70. The van der Waals surface area contributed by atoms with E-state index in [1.807, 2.05) is 17.7 Å². The van der Waals surface area contributed by atoms with Gasteiger partial charge in [0.1, 0.15) is 5.82 Å². The molecule has 2 aromatic rings. The Kier molecular flexibility index (Phi) is 5.31. The lowest BCUT2D eigenvalue weighted by Gasteiger charge is -2.25. The van der Waals surface area contributed by atoms with Gasteiger partial charge in [-0.1, -0.05) is 12.1 Å². The number of rotatable bonds is 6. The Morgan fingerprint density at radius 2 is 2.17 bits per heavy atom. The fraction of sp³-hybridized carbons (Fsp3) is 0.526. The van der Waals surface area contributed by atoms with Crippen LogP contribution in [0.5, 0.6) is 0 Å². The van der Waals surface area contributed by atoms with Gasteiger partial charge in [-0.25, -0.2) is 4.39 Å². The van der Waals surface area contributed by atoms with E-state index in [0.29, 0.717) is 12.6 Å². The minimum atomic E-state index is -0.158. The zero-order valence-corrected chi connectivity index (χ0v) is 14.5. The number of aliphatic hydroxyl groups is 1. The Labute approximate surface area is 142 Å². The monoisotopic (exact) mass is 331 g/mol. The van der Waals surface area contributed by atoms with Crippen LogP contribution in [0.3, 0.4) is 0 Å². The molecule has 5 heteroatoms. The van der Waals surface area contributed by atoms with E-state index in [2.05, 4.69) is 16.9 Å². The summed E-state index contributed by atoms with van der Waals surface area (Å²) in [5, 5.41) is 13.7. The van der Waals surface area contributed by atoms with Crippen LogP contribution in [0.2, 0.25) is 0 Å². The zero-order valence-electron chi connectivity index (χ0n) is 14.5. The molecule has 0 radical (unpaired) electrons. The van der Waals surface area contributed by atoms with E-state index in [1.165, 1.54) is 18.1 Å². The van der Waals surface area contributed by atoms with E-state index in [4.69, 9.17) is 5.11 Å². The molecule has 4 nitrogen and oxygen atoms in total. The highest BCUT2D eigenvalue weighted by Crippen LogP contribution is 2.25. The molecule has 1 saturated heterocycles. The predicted octanol–water partition coefficient (Wildman–Crippen LogP) is 2.84. The van der Waals surface area contributed by atoms with Crippen molar-refractivity contribution in [2.75, 3.05) is 13.2 Å². The lowest BCUT2D eigenvalue weighted by molar-refractivity contribution is 0.242. The number of aromatic nitrogens is 2. The molecule has 1 aromatic heterocycles. The van der Waals surface area contributed by atoms with Crippen molar-refractivity contribution in [3.05, 3.63) is 52.6 Å². The molecule has 0 bridgehead atoms. The van der Waals surface area contributed by atoms with Crippen LogP contribution in [0.1, 0.15) is 35.4 Å². The maximum absolute atomic E-state index is 13.4. The molecule has 1 N–H and O–H groups in total. The van der Waals surface area contributed by atoms with Crippen LogP contribution in [0.15, 0.2) is 24.3 Å². The first kappa shape index (κ1) is 17.1. The zero-order chi connectivity index (χ0) is 17.1. The number of aliphatic hydroxyl groups excluding tert-OH is 1. The summed E-state index contributed by atoms with van der Waals surface area (Å²) in [6.07, 6.45) is 3.23. The van der Waals surface area contributed by atoms with Gasteiger partial charge in [0.25, 0.3) is 0 Å². The van der Waals surface area contributed by atoms with Gasteiger partial charge in [-0.05, 0) is 57.4 Å². The van der Waals surface area contributed by atoms with E-state index >= 15 is 0 Å². The molecule has 1 aliphatic rings. The van der Waals surface area contributed by atoms with Crippen molar-refractivity contribution in [3.63, 3.8) is 0 Å². The molecule has 0 amide bonds. The summed E-state index contributed by atoms with van der Waals surface area (Å²) in [4.78, 5) is 2.49. The highest BCUT2D eigenvalue weighted by molar-refractivity contribution is 5.25. The molecule has 1 atom stereocenters. The van der Waals surface area contributed by atoms with Crippen molar-refractivity contribution < 1.29 is 9.50 Å². The minimum Gasteiger partial charge on any atom is -0.394 e. The first-order chi connectivity index (χ1) is 11.6. The van der Waals surface area contributed by atoms with Crippen LogP contribution in [0, 0.1) is 19.7 Å². The average Bonchev–Trinajstić information content (AvgIpc) is 3.08. The number of hydrogen-bond acceptors (Lipinski definition) is 3. The van der Waals surface area contributed by atoms with Crippen molar-refractivity contribution in [1.29, 1.82) is 0 Å². The van der Waals surface area contributed by atoms with Gasteiger partial charge in [0.15, 0.2) is 0 Å². The Balaban J connectivity index is 1.72. The van der Waals surface area contributed by atoms with Crippen LogP contribution >= 0.6 is 0 Å². The highest BCUT2D eigenvalue weighted by atomic mass is 19.1. The summed E-state index contributed by atoms with van der Waals surface area (Å²) in [7, 11) is 0. The minimum absolute atomic E-state index is 0.104. The van der Waals surface area contributed by atoms with Crippen LogP contribution in [-0.4, -0.2) is 39.0 Å². The third-order valence-electron chi connectivity index (χ3n) is 5.06. The molecule has 1 unspecified atom stereocenters. The van der Waals surface area contributed by atoms with Gasteiger partial charge < -0.3 is 5.11 Å². The lowest BCUT2D eigenvalue weighted by atomic mass is 10.0. The van der Waals surface area contributed by atoms with Crippen LogP contribution in [-0.2, 0) is 19.5 Å². The number of aryl methyl sites for hydroxylation is 1. The Morgan fingerprint density at radius 3 is 2.92 bits per heavy atom. The first-order valence-corrected chi connectivity index (χ1v) is 8.70. The van der Waals surface area contributed by atoms with Gasteiger partial charge >= 0.3 is 0 Å². The highest BCUT2D eigenvalue weighted by Gasteiger charge is 2.26. The second kappa shape index (κ2) is 7.45. The number of nitrogens with zero attached hydrogens (tertiary/aromatic N) is 3. The molecule has 2 heterocycles. The van der Waals surface area contributed by atoms with Gasteiger partial charge in [0, 0.05) is 23.8 Å². The third-order valence-corrected chi connectivity index (χ3v) is 5.06. The van der Waals surface area contributed by atoms with Crippen molar-refractivity contribution in [2.24, 2.45) is 0 Å². The molecule has 130 valence electrons. The standard InChI is InChI=1S/C19H26FN3O/c1-14-19(15(2)23(21-14)9-10-24)13-22-8-4-7-18(22)12-16-5-3-6-17(20)11-16/h3,5-6,11,18,24H,4,7-10,12-13H2,1-2H3.